The van der Waals surface area contributed by atoms with Gasteiger partial charge in [0.1, 0.15) is 0 Å². The molecule has 2 aromatic carbocycles. The number of aromatic amines is 1. The van der Waals surface area contributed by atoms with Crippen molar-refractivity contribution in [3.63, 3.8) is 0 Å². The Kier molecular flexibility index (Phi) is 5.17. The Labute approximate surface area is 155 Å². The summed E-state index contributed by atoms with van der Waals surface area (Å²) in [4.78, 5) is 18.8. The minimum atomic E-state index is -4.44. The highest BCUT2D eigenvalue weighted by molar-refractivity contribution is 7.99. The molecule has 1 amide bonds. The van der Waals surface area contributed by atoms with Crippen LogP contribution in [0.4, 0.5) is 13.2 Å². The molecule has 0 atom stereocenters. The van der Waals surface area contributed by atoms with Crippen LogP contribution < -0.4 is 5.32 Å². The Morgan fingerprint density at radius 2 is 1.93 bits per heavy atom. The van der Waals surface area contributed by atoms with Crippen molar-refractivity contribution in [2.45, 2.75) is 17.9 Å². The van der Waals surface area contributed by atoms with Crippen LogP contribution in [-0.2, 0) is 17.5 Å². The van der Waals surface area contributed by atoms with E-state index in [9.17, 15) is 28.2 Å². The van der Waals surface area contributed by atoms with Gasteiger partial charge in [0.25, 0.3) is 0 Å². The van der Waals surface area contributed by atoms with E-state index in [-0.39, 0.29) is 35.2 Å². The number of thioether (sulfide) groups is 1. The second-order valence-electron chi connectivity index (χ2n) is 5.66. The largest absolute Gasteiger partial charge is 0.504 e. The Balaban J connectivity index is 1.57. The standard InChI is InChI=1S/C17H14F3N3O3S/c18-17(19,20)10-2-3-11-12(6-10)23-16(22-11)27-8-15(26)21-7-9-1-4-13(24)14(25)5-9/h1-6,24-25H,7-8H2,(H,21,26)(H,22,23). The third-order valence-electron chi connectivity index (χ3n) is 3.66. The highest BCUT2D eigenvalue weighted by atomic mass is 32.2. The molecule has 0 fully saturated rings. The molecule has 142 valence electrons. The summed E-state index contributed by atoms with van der Waals surface area (Å²) in [6.45, 7) is 0.155. The molecule has 27 heavy (non-hydrogen) atoms. The van der Waals surface area contributed by atoms with Gasteiger partial charge in [-0.15, -0.1) is 0 Å². The Bertz CT molecular complexity index is 988. The van der Waals surface area contributed by atoms with E-state index in [2.05, 4.69) is 15.3 Å². The molecule has 4 N–H and O–H groups in total. The number of carbonyl (C=O) groups is 1. The molecule has 0 radical (unpaired) electrons. The number of fused-ring (bicyclic) bond motifs is 1. The first-order valence-electron chi connectivity index (χ1n) is 7.70. The van der Waals surface area contributed by atoms with Crippen molar-refractivity contribution in [3.8, 4) is 11.5 Å². The van der Waals surface area contributed by atoms with Gasteiger partial charge >= 0.3 is 6.18 Å². The summed E-state index contributed by atoms with van der Waals surface area (Å²) in [5.74, 6) is -0.837. The number of carbonyl (C=O) groups excluding carboxylic acids is 1. The van der Waals surface area contributed by atoms with Crippen LogP contribution in [0.15, 0.2) is 41.6 Å². The summed E-state index contributed by atoms with van der Waals surface area (Å²) in [6.07, 6.45) is -4.44. The quantitative estimate of drug-likeness (QED) is 0.391. The van der Waals surface area contributed by atoms with Gasteiger partial charge in [-0.05, 0) is 35.9 Å². The number of nitrogens with zero attached hydrogens (tertiary/aromatic N) is 1. The molecule has 0 bridgehead atoms. The third kappa shape index (κ3) is 4.64. The number of hydrogen-bond acceptors (Lipinski definition) is 5. The molecule has 1 aromatic heterocycles. The van der Waals surface area contributed by atoms with E-state index >= 15 is 0 Å². The molecule has 0 aliphatic heterocycles. The maximum atomic E-state index is 12.7. The van der Waals surface area contributed by atoms with Gasteiger partial charge in [0.15, 0.2) is 16.7 Å². The van der Waals surface area contributed by atoms with Gasteiger partial charge in [-0.25, -0.2) is 4.98 Å². The summed E-state index contributed by atoms with van der Waals surface area (Å²) in [5.41, 5.74) is 0.454. The highest BCUT2D eigenvalue weighted by Gasteiger charge is 2.30. The average Bonchev–Trinajstić information content (AvgIpc) is 3.02. The maximum Gasteiger partial charge on any atom is 0.416 e. The zero-order valence-corrected chi connectivity index (χ0v) is 14.5. The summed E-state index contributed by atoms with van der Waals surface area (Å²) >= 11 is 1.06. The monoisotopic (exact) mass is 397 g/mol. The average molecular weight is 397 g/mol. The minimum absolute atomic E-state index is 0.00994. The molecule has 3 rings (SSSR count). The van der Waals surface area contributed by atoms with Crippen molar-refractivity contribution in [1.82, 2.24) is 15.3 Å². The van der Waals surface area contributed by atoms with Gasteiger partial charge in [0.05, 0.1) is 22.3 Å². The number of benzene rings is 2. The number of rotatable bonds is 5. The van der Waals surface area contributed by atoms with Gasteiger partial charge in [-0.1, -0.05) is 17.8 Å². The SMILES string of the molecule is O=C(CSc1nc2ccc(C(F)(F)F)cc2[nH]1)NCc1ccc(O)c(O)c1. The lowest BCUT2D eigenvalue weighted by Gasteiger charge is -2.06. The molecule has 3 aromatic rings. The van der Waals surface area contributed by atoms with Gasteiger partial charge in [-0.2, -0.15) is 13.2 Å². The molecule has 10 heteroatoms. The number of imidazole rings is 1. The maximum absolute atomic E-state index is 12.7. The summed E-state index contributed by atoms with van der Waals surface area (Å²) in [6, 6.07) is 7.41. The van der Waals surface area contributed by atoms with E-state index in [1.165, 1.54) is 18.2 Å². The molecular weight excluding hydrogens is 383 g/mol. The van der Waals surface area contributed by atoms with Gasteiger partial charge < -0.3 is 20.5 Å². The van der Waals surface area contributed by atoms with E-state index in [1.807, 2.05) is 0 Å². The van der Waals surface area contributed by atoms with Crippen LogP contribution >= 0.6 is 11.8 Å². The molecule has 1 heterocycles. The number of aromatic nitrogens is 2. The predicted octanol–water partition coefficient (Wildman–Crippen LogP) is 3.40. The summed E-state index contributed by atoms with van der Waals surface area (Å²) in [5, 5.41) is 21.6. The lowest BCUT2D eigenvalue weighted by atomic mass is 10.2. The molecule has 0 unspecified atom stereocenters. The second kappa shape index (κ2) is 7.39. The predicted molar refractivity (Wildman–Crippen MR) is 93.4 cm³/mol. The Hall–Kier alpha value is -2.88. The number of nitrogens with one attached hydrogen (secondary N) is 2. The fourth-order valence-electron chi connectivity index (χ4n) is 2.30. The van der Waals surface area contributed by atoms with Crippen molar-refractivity contribution < 1.29 is 28.2 Å². The van der Waals surface area contributed by atoms with Crippen molar-refractivity contribution in [2.24, 2.45) is 0 Å². The lowest BCUT2D eigenvalue weighted by molar-refractivity contribution is -0.137. The zero-order chi connectivity index (χ0) is 19.6. The number of aromatic hydroxyl groups is 2. The van der Waals surface area contributed by atoms with Gasteiger partial charge in [-0.3, -0.25) is 4.79 Å². The molecule has 6 nitrogen and oxygen atoms in total. The fourth-order valence-corrected chi connectivity index (χ4v) is 3.01. The van der Waals surface area contributed by atoms with E-state index in [0.29, 0.717) is 16.2 Å². The number of phenols is 2. The normalized spacial score (nSPS) is 11.7. The van der Waals surface area contributed by atoms with Crippen LogP contribution in [0.2, 0.25) is 0 Å². The van der Waals surface area contributed by atoms with E-state index in [0.717, 1.165) is 23.9 Å². The van der Waals surface area contributed by atoms with Crippen molar-refractivity contribution in [2.75, 3.05) is 5.75 Å². The molecule has 0 spiro atoms. The van der Waals surface area contributed by atoms with Crippen LogP contribution in [-0.4, -0.2) is 31.8 Å². The van der Waals surface area contributed by atoms with Crippen LogP contribution in [0, 0.1) is 0 Å². The van der Waals surface area contributed by atoms with Crippen LogP contribution in [0.1, 0.15) is 11.1 Å². The summed E-state index contributed by atoms with van der Waals surface area (Å²) in [7, 11) is 0. The molecular formula is C17H14F3N3O3S. The first kappa shape index (κ1) is 18.9. The van der Waals surface area contributed by atoms with Gasteiger partial charge in [0.2, 0.25) is 5.91 Å². The zero-order valence-electron chi connectivity index (χ0n) is 13.7. The number of amides is 1. The number of phenolic OH excluding ortho intramolecular Hbond substituents is 2. The lowest BCUT2D eigenvalue weighted by Crippen LogP contribution is -2.24. The first-order valence-corrected chi connectivity index (χ1v) is 8.68. The number of alkyl halides is 3. The van der Waals surface area contributed by atoms with E-state index in [4.69, 9.17) is 0 Å². The highest BCUT2D eigenvalue weighted by Crippen LogP contribution is 2.31. The molecule has 0 aliphatic rings. The fraction of sp³-hybridized carbons (Fsp3) is 0.176. The van der Waals surface area contributed by atoms with Crippen molar-refractivity contribution in [3.05, 3.63) is 47.5 Å². The second-order valence-corrected chi connectivity index (χ2v) is 6.62. The first-order chi connectivity index (χ1) is 12.7. The molecule has 0 saturated heterocycles. The minimum Gasteiger partial charge on any atom is -0.504 e. The summed E-state index contributed by atoms with van der Waals surface area (Å²) < 4.78 is 38.2. The van der Waals surface area contributed by atoms with Crippen molar-refractivity contribution >= 4 is 28.7 Å². The van der Waals surface area contributed by atoms with E-state index in [1.54, 1.807) is 6.07 Å². The smallest absolute Gasteiger partial charge is 0.416 e. The van der Waals surface area contributed by atoms with Gasteiger partial charge in [0, 0.05) is 6.54 Å². The van der Waals surface area contributed by atoms with E-state index < -0.39 is 11.7 Å². The third-order valence-corrected chi connectivity index (χ3v) is 4.53. The Morgan fingerprint density at radius 3 is 2.63 bits per heavy atom. The Morgan fingerprint density at radius 1 is 1.15 bits per heavy atom. The van der Waals surface area contributed by atoms with Crippen LogP contribution in [0.25, 0.3) is 11.0 Å². The van der Waals surface area contributed by atoms with Crippen molar-refractivity contribution in [1.29, 1.82) is 0 Å². The van der Waals surface area contributed by atoms with Crippen LogP contribution in [0.5, 0.6) is 11.5 Å². The molecule has 0 aliphatic carbocycles. The molecule has 0 saturated carbocycles. The topological polar surface area (TPSA) is 98.2 Å². The number of H-pyrrole nitrogens is 1. The number of hydrogen-bond donors (Lipinski definition) is 4. The van der Waals surface area contributed by atoms with Crippen LogP contribution in [0.3, 0.4) is 0 Å². The number of halogens is 3.